The van der Waals surface area contributed by atoms with Crippen molar-refractivity contribution in [3.63, 3.8) is 0 Å². The predicted molar refractivity (Wildman–Crippen MR) is 111 cm³/mol. The van der Waals surface area contributed by atoms with Crippen LogP contribution in [0.3, 0.4) is 0 Å². The lowest BCUT2D eigenvalue weighted by Crippen LogP contribution is -2.47. The van der Waals surface area contributed by atoms with Gasteiger partial charge in [-0.05, 0) is 42.6 Å². The lowest BCUT2D eigenvalue weighted by molar-refractivity contribution is -0.146. The molecule has 2 aromatic carbocycles. The number of nitrogens with one attached hydrogen (secondary N) is 1. The highest BCUT2D eigenvalue weighted by atomic mass is 16.2. The van der Waals surface area contributed by atoms with E-state index in [9.17, 15) is 14.4 Å². The number of likely N-dealkylation sites (tertiary alicyclic amines) is 1. The SMILES string of the molecule is CC[C@@H](C(=O)Nc1cccc2ccccc12)N1C(=O)[C@@H]2[C@H](C1=O)[C@H]1C=C[C@H]2CC1. The number of hydrogen-bond donors (Lipinski definition) is 1. The molecule has 2 aromatic rings. The van der Waals surface area contributed by atoms with Crippen LogP contribution in [0.15, 0.2) is 54.6 Å². The quantitative estimate of drug-likeness (QED) is 0.641. The van der Waals surface area contributed by atoms with E-state index in [0.717, 1.165) is 23.6 Å². The van der Waals surface area contributed by atoms with Gasteiger partial charge in [0.05, 0.1) is 11.8 Å². The van der Waals surface area contributed by atoms with Crippen LogP contribution in [0.1, 0.15) is 26.2 Å². The molecule has 1 heterocycles. The number of rotatable bonds is 4. The van der Waals surface area contributed by atoms with Crippen LogP contribution in [0.25, 0.3) is 10.8 Å². The molecule has 2 fully saturated rings. The summed E-state index contributed by atoms with van der Waals surface area (Å²) in [6.07, 6.45) is 6.50. The van der Waals surface area contributed by atoms with Crippen molar-refractivity contribution in [2.75, 3.05) is 5.32 Å². The van der Waals surface area contributed by atoms with Gasteiger partial charge in [-0.3, -0.25) is 19.3 Å². The van der Waals surface area contributed by atoms with Gasteiger partial charge in [0.25, 0.3) is 0 Å². The van der Waals surface area contributed by atoms with Crippen LogP contribution in [-0.4, -0.2) is 28.7 Å². The zero-order valence-corrected chi connectivity index (χ0v) is 16.4. The molecule has 6 rings (SSSR count). The Labute approximate surface area is 169 Å². The molecule has 0 aromatic heterocycles. The van der Waals surface area contributed by atoms with E-state index in [4.69, 9.17) is 0 Å². The Morgan fingerprint density at radius 1 is 1.00 bits per heavy atom. The molecule has 3 amide bonds. The third-order valence-corrected chi connectivity index (χ3v) is 6.84. The molecule has 5 heteroatoms. The minimum absolute atomic E-state index is 0.130. The number of carbonyl (C=O) groups is 3. The second-order valence-corrected chi connectivity index (χ2v) is 8.33. The molecule has 1 N–H and O–H groups in total. The van der Waals surface area contributed by atoms with E-state index < -0.39 is 6.04 Å². The Morgan fingerprint density at radius 2 is 1.62 bits per heavy atom. The first-order chi connectivity index (χ1) is 14.1. The van der Waals surface area contributed by atoms with Crippen molar-refractivity contribution < 1.29 is 14.4 Å². The van der Waals surface area contributed by atoms with Crippen LogP contribution in [0.2, 0.25) is 0 Å². The molecule has 5 nitrogen and oxygen atoms in total. The molecule has 0 radical (unpaired) electrons. The fourth-order valence-electron chi connectivity index (χ4n) is 5.44. The van der Waals surface area contributed by atoms with Gasteiger partial charge in [-0.15, -0.1) is 0 Å². The molecule has 1 saturated carbocycles. The summed E-state index contributed by atoms with van der Waals surface area (Å²) in [6.45, 7) is 1.85. The van der Waals surface area contributed by atoms with E-state index in [2.05, 4.69) is 17.5 Å². The fourth-order valence-corrected chi connectivity index (χ4v) is 5.44. The summed E-state index contributed by atoms with van der Waals surface area (Å²) in [5.41, 5.74) is 0.699. The Morgan fingerprint density at radius 3 is 2.24 bits per heavy atom. The number of allylic oxidation sites excluding steroid dienone is 2. The van der Waals surface area contributed by atoms with Crippen molar-refractivity contribution in [3.8, 4) is 0 Å². The van der Waals surface area contributed by atoms with Crippen molar-refractivity contribution >= 4 is 34.2 Å². The molecule has 148 valence electrons. The van der Waals surface area contributed by atoms with Gasteiger partial charge in [-0.2, -0.15) is 0 Å². The van der Waals surface area contributed by atoms with Crippen molar-refractivity contribution in [1.29, 1.82) is 0 Å². The van der Waals surface area contributed by atoms with Gasteiger partial charge in [0.1, 0.15) is 6.04 Å². The number of imide groups is 1. The number of fused-ring (bicyclic) bond motifs is 2. The van der Waals surface area contributed by atoms with E-state index in [0.29, 0.717) is 12.1 Å². The summed E-state index contributed by atoms with van der Waals surface area (Å²) in [4.78, 5) is 40.9. The number of carbonyl (C=O) groups excluding carboxylic acids is 3. The minimum Gasteiger partial charge on any atom is -0.324 e. The molecule has 4 aliphatic rings. The third kappa shape index (κ3) is 2.71. The van der Waals surface area contributed by atoms with Crippen molar-refractivity contribution in [3.05, 3.63) is 54.6 Å². The molecule has 3 aliphatic carbocycles. The number of anilines is 1. The molecule has 1 aliphatic heterocycles. The highest BCUT2D eigenvalue weighted by molar-refractivity contribution is 6.11. The van der Waals surface area contributed by atoms with E-state index >= 15 is 0 Å². The Balaban J connectivity index is 1.43. The van der Waals surface area contributed by atoms with Crippen LogP contribution in [0.5, 0.6) is 0 Å². The fraction of sp³-hybridized carbons (Fsp3) is 0.375. The Hall–Kier alpha value is -2.95. The summed E-state index contributed by atoms with van der Waals surface area (Å²) in [6, 6.07) is 12.8. The average molecular weight is 388 g/mol. The maximum atomic E-state index is 13.2. The minimum atomic E-state index is -0.779. The highest BCUT2D eigenvalue weighted by Gasteiger charge is 2.58. The molecule has 1 saturated heterocycles. The first-order valence-corrected chi connectivity index (χ1v) is 10.4. The van der Waals surface area contributed by atoms with Gasteiger partial charge < -0.3 is 5.32 Å². The van der Waals surface area contributed by atoms with Gasteiger partial charge >= 0.3 is 0 Å². The summed E-state index contributed by atoms with van der Waals surface area (Å²) in [5.74, 6) is -0.950. The first kappa shape index (κ1) is 18.1. The van der Waals surface area contributed by atoms with Crippen LogP contribution in [0, 0.1) is 23.7 Å². The molecule has 5 atom stereocenters. The summed E-state index contributed by atoms with van der Waals surface area (Å²) < 4.78 is 0. The smallest absolute Gasteiger partial charge is 0.247 e. The van der Waals surface area contributed by atoms with Crippen molar-refractivity contribution in [1.82, 2.24) is 4.90 Å². The van der Waals surface area contributed by atoms with Crippen molar-refractivity contribution in [2.45, 2.75) is 32.2 Å². The Bertz CT molecular complexity index is 1010. The number of benzene rings is 2. The molecule has 2 bridgehead atoms. The molecule has 29 heavy (non-hydrogen) atoms. The first-order valence-electron chi connectivity index (χ1n) is 10.4. The summed E-state index contributed by atoms with van der Waals surface area (Å²) in [5, 5.41) is 4.94. The van der Waals surface area contributed by atoms with Crippen LogP contribution >= 0.6 is 0 Å². The van der Waals surface area contributed by atoms with E-state index in [-0.39, 0.29) is 41.4 Å². The highest BCUT2D eigenvalue weighted by Crippen LogP contribution is 2.50. The van der Waals surface area contributed by atoms with E-state index in [1.807, 2.05) is 49.4 Å². The summed E-state index contributed by atoms with van der Waals surface area (Å²) >= 11 is 0. The third-order valence-electron chi connectivity index (χ3n) is 6.84. The van der Waals surface area contributed by atoms with Gasteiger partial charge in [-0.1, -0.05) is 55.5 Å². The van der Waals surface area contributed by atoms with Crippen LogP contribution in [0.4, 0.5) is 5.69 Å². The number of amides is 3. The van der Waals surface area contributed by atoms with Crippen LogP contribution in [-0.2, 0) is 14.4 Å². The Kier molecular flexibility index (Phi) is 4.26. The lowest BCUT2D eigenvalue weighted by atomic mass is 9.63. The number of hydrogen-bond acceptors (Lipinski definition) is 3. The average Bonchev–Trinajstić information content (AvgIpc) is 3.03. The van der Waals surface area contributed by atoms with E-state index in [1.165, 1.54) is 4.90 Å². The van der Waals surface area contributed by atoms with Gasteiger partial charge in [-0.25, -0.2) is 0 Å². The van der Waals surface area contributed by atoms with Gasteiger partial charge in [0.15, 0.2) is 0 Å². The molecule has 0 spiro atoms. The van der Waals surface area contributed by atoms with E-state index in [1.54, 1.807) is 0 Å². The summed E-state index contributed by atoms with van der Waals surface area (Å²) in [7, 11) is 0. The number of nitrogens with zero attached hydrogens (tertiary/aromatic N) is 1. The normalized spacial score (nSPS) is 28.7. The maximum Gasteiger partial charge on any atom is 0.247 e. The van der Waals surface area contributed by atoms with Crippen molar-refractivity contribution in [2.24, 2.45) is 23.7 Å². The second-order valence-electron chi connectivity index (χ2n) is 8.33. The largest absolute Gasteiger partial charge is 0.324 e. The predicted octanol–water partition coefficient (Wildman–Crippen LogP) is 3.75. The molecule has 0 unspecified atom stereocenters. The molecular weight excluding hydrogens is 364 g/mol. The maximum absolute atomic E-state index is 13.2. The lowest BCUT2D eigenvalue weighted by Gasteiger charge is -2.38. The van der Waals surface area contributed by atoms with Gasteiger partial charge in [0.2, 0.25) is 17.7 Å². The topological polar surface area (TPSA) is 66.5 Å². The standard InChI is InChI=1S/C24H24N2O3/c1-2-19(22(27)25-18-9-5-7-14-6-3-4-8-17(14)18)26-23(28)20-15-10-11-16(13-12-15)21(20)24(26)29/h3-11,15-16,19-21H,2,12-13H2,1H3,(H,25,27)/t15-,16-,19-,20-,21+/m0/s1. The second kappa shape index (κ2) is 6.83. The monoisotopic (exact) mass is 388 g/mol. The van der Waals surface area contributed by atoms with Crippen LogP contribution < -0.4 is 5.32 Å². The van der Waals surface area contributed by atoms with Gasteiger partial charge in [0, 0.05) is 11.1 Å². The zero-order chi connectivity index (χ0) is 20.1. The molecular formula is C24H24N2O3. The zero-order valence-electron chi connectivity index (χ0n) is 16.4.